The summed E-state index contributed by atoms with van der Waals surface area (Å²) < 4.78 is 1.87. The number of benzene rings is 1. The van der Waals surface area contributed by atoms with Gasteiger partial charge in [0.2, 0.25) is 0 Å². The Labute approximate surface area is 161 Å². The van der Waals surface area contributed by atoms with Gasteiger partial charge in [-0.3, -0.25) is 4.79 Å². The average Bonchev–Trinajstić information content (AvgIpc) is 3.17. The molecule has 6 nitrogen and oxygen atoms in total. The molecule has 1 unspecified atom stereocenters. The smallest absolute Gasteiger partial charge is 0.273 e. The van der Waals surface area contributed by atoms with Gasteiger partial charge in [-0.05, 0) is 51.1 Å². The van der Waals surface area contributed by atoms with Gasteiger partial charge in [0.1, 0.15) is 0 Å². The van der Waals surface area contributed by atoms with Crippen molar-refractivity contribution in [1.29, 1.82) is 0 Å². The lowest BCUT2D eigenvalue weighted by atomic mass is 9.97. The van der Waals surface area contributed by atoms with Crippen LogP contribution in [-0.4, -0.2) is 51.5 Å². The molecule has 0 saturated carbocycles. The fraction of sp³-hybridized carbons (Fsp3) is 0.571. The van der Waals surface area contributed by atoms with Gasteiger partial charge in [-0.25, -0.2) is 4.68 Å². The molecule has 1 aliphatic rings. The van der Waals surface area contributed by atoms with Crippen LogP contribution in [0.2, 0.25) is 0 Å². The number of carbonyl (C=O) groups is 1. The molecule has 1 saturated heterocycles. The Hall–Kier alpha value is -2.21. The van der Waals surface area contributed by atoms with Gasteiger partial charge in [-0.15, -0.1) is 5.10 Å². The van der Waals surface area contributed by atoms with Crippen LogP contribution in [-0.2, 0) is 0 Å². The highest BCUT2D eigenvalue weighted by atomic mass is 16.2. The molecule has 0 spiro atoms. The molecule has 0 bridgehead atoms. The SMILES string of the molecule is CC(C)NC(=O)c1cn(C2CCN(CCC(C)c3ccccc3)CC2)nn1. The molecule has 1 amide bonds. The fourth-order valence-corrected chi connectivity index (χ4v) is 3.63. The van der Waals surface area contributed by atoms with Crippen molar-refractivity contribution in [2.75, 3.05) is 19.6 Å². The molecule has 0 radical (unpaired) electrons. The number of hydrogen-bond donors (Lipinski definition) is 1. The Morgan fingerprint density at radius 2 is 1.89 bits per heavy atom. The zero-order chi connectivity index (χ0) is 19.2. The first-order valence-corrected chi connectivity index (χ1v) is 10.0. The highest BCUT2D eigenvalue weighted by Crippen LogP contribution is 2.24. The van der Waals surface area contributed by atoms with Gasteiger partial charge in [-0.1, -0.05) is 42.5 Å². The van der Waals surface area contributed by atoms with E-state index in [0.717, 1.165) is 32.5 Å². The molecule has 2 heterocycles. The van der Waals surface area contributed by atoms with Gasteiger partial charge >= 0.3 is 0 Å². The first kappa shape index (κ1) is 19.5. The van der Waals surface area contributed by atoms with E-state index in [1.807, 2.05) is 18.5 Å². The highest BCUT2D eigenvalue weighted by Gasteiger charge is 2.23. The van der Waals surface area contributed by atoms with Crippen LogP contribution in [0.15, 0.2) is 36.5 Å². The lowest BCUT2D eigenvalue weighted by Gasteiger charge is -2.32. The zero-order valence-corrected chi connectivity index (χ0v) is 16.6. The van der Waals surface area contributed by atoms with Crippen molar-refractivity contribution in [2.24, 2.45) is 0 Å². The van der Waals surface area contributed by atoms with E-state index in [1.165, 1.54) is 12.0 Å². The number of aromatic nitrogens is 3. The zero-order valence-electron chi connectivity index (χ0n) is 16.6. The molecule has 146 valence electrons. The van der Waals surface area contributed by atoms with Gasteiger partial charge in [0.05, 0.1) is 12.2 Å². The standard InChI is InChI=1S/C21H31N5O/c1-16(2)22-21(27)20-15-26(24-23-20)19-10-13-25(14-11-19)12-9-17(3)18-7-5-4-6-8-18/h4-8,15-17,19H,9-14H2,1-3H3,(H,22,27). The van der Waals surface area contributed by atoms with Crippen molar-refractivity contribution in [3.8, 4) is 0 Å². The Morgan fingerprint density at radius 3 is 2.56 bits per heavy atom. The van der Waals surface area contributed by atoms with Crippen LogP contribution in [0.5, 0.6) is 0 Å². The largest absolute Gasteiger partial charge is 0.348 e. The summed E-state index contributed by atoms with van der Waals surface area (Å²) in [5.74, 6) is 0.435. The molecule has 1 aromatic heterocycles. The third-order valence-electron chi connectivity index (χ3n) is 5.34. The predicted molar refractivity (Wildman–Crippen MR) is 107 cm³/mol. The van der Waals surface area contributed by atoms with E-state index in [2.05, 4.69) is 57.8 Å². The first-order chi connectivity index (χ1) is 13.0. The van der Waals surface area contributed by atoms with Crippen LogP contribution in [0.3, 0.4) is 0 Å². The summed E-state index contributed by atoms with van der Waals surface area (Å²) in [6.45, 7) is 9.45. The minimum atomic E-state index is -0.149. The van der Waals surface area contributed by atoms with Gasteiger partial charge in [0, 0.05) is 19.1 Å². The average molecular weight is 370 g/mol. The van der Waals surface area contributed by atoms with Gasteiger partial charge < -0.3 is 10.2 Å². The van der Waals surface area contributed by atoms with Crippen LogP contribution in [0, 0.1) is 0 Å². The molecule has 1 atom stereocenters. The minimum Gasteiger partial charge on any atom is -0.348 e. The predicted octanol–water partition coefficient (Wildman–Crippen LogP) is 3.25. The van der Waals surface area contributed by atoms with Gasteiger partial charge in [0.25, 0.3) is 5.91 Å². The van der Waals surface area contributed by atoms with Crippen molar-refractivity contribution in [3.63, 3.8) is 0 Å². The Bertz CT molecular complexity index is 719. The van der Waals surface area contributed by atoms with E-state index in [-0.39, 0.29) is 11.9 Å². The number of carbonyl (C=O) groups excluding carboxylic acids is 1. The molecule has 1 aromatic carbocycles. The minimum absolute atomic E-state index is 0.101. The second kappa shape index (κ2) is 9.13. The highest BCUT2D eigenvalue weighted by molar-refractivity contribution is 5.91. The number of likely N-dealkylation sites (tertiary alicyclic amines) is 1. The maximum atomic E-state index is 12.0. The van der Waals surface area contributed by atoms with Crippen LogP contribution in [0.1, 0.15) is 68.0 Å². The molecule has 1 fully saturated rings. The van der Waals surface area contributed by atoms with E-state index in [4.69, 9.17) is 0 Å². The second-order valence-electron chi connectivity index (χ2n) is 7.89. The molecule has 1 aliphatic heterocycles. The van der Waals surface area contributed by atoms with E-state index in [9.17, 15) is 4.79 Å². The molecule has 6 heteroatoms. The maximum absolute atomic E-state index is 12.0. The van der Waals surface area contributed by atoms with Crippen molar-refractivity contribution in [2.45, 2.75) is 58.0 Å². The molecule has 2 aromatic rings. The third-order valence-corrected chi connectivity index (χ3v) is 5.34. The molecule has 0 aliphatic carbocycles. The van der Waals surface area contributed by atoms with Crippen LogP contribution in [0.4, 0.5) is 0 Å². The Kier molecular flexibility index (Phi) is 6.61. The number of nitrogens with one attached hydrogen (secondary N) is 1. The monoisotopic (exact) mass is 369 g/mol. The quantitative estimate of drug-likeness (QED) is 0.814. The summed E-state index contributed by atoms with van der Waals surface area (Å²) >= 11 is 0. The Morgan fingerprint density at radius 1 is 1.19 bits per heavy atom. The summed E-state index contributed by atoms with van der Waals surface area (Å²) in [5.41, 5.74) is 1.82. The maximum Gasteiger partial charge on any atom is 0.273 e. The molecule has 27 heavy (non-hydrogen) atoms. The normalized spacial score (nSPS) is 17.2. The summed E-state index contributed by atoms with van der Waals surface area (Å²) in [4.78, 5) is 14.6. The molecule has 1 N–H and O–H groups in total. The third kappa shape index (κ3) is 5.39. The number of piperidine rings is 1. The van der Waals surface area contributed by atoms with E-state index < -0.39 is 0 Å². The number of rotatable bonds is 7. The summed E-state index contributed by atoms with van der Waals surface area (Å²) in [6.07, 6.45) is 5.07. The molecular weight excluding hydrogens is 338 g/mol. The van der Waals surface area contributed by atoms with Crippen LogP contribution >= 0.6 is 0 Å². The van der Waals surface area contributed by atoms with Crippen molar-refractivity contribution in [1.82, 2.24) is 25.2 Å². The number of amides is 1. The Balaban J connectivity index is 1.45. The van der Waals surface area contributed by atoms with Gasteiger partial charge in [0.15, 0.2) is 5.69 Å². The van der Waals surface area contributed by atoms with E-state index >= 15 is 0 Å². The van der Waals surface area contributed by atoms with Crippen LogP contribution in [0.25, 0.3) is 0 Å². The van der Waals surface area contributed by atoms with E-state index in [1.54, 1.807) is 6.20 Å². The topological polar surface area (TPSA) is 63.1 Å². The number of nitrogens with zero attached hydrogens (tertiary/aromatic N) is 4. The summed E-state index contributed by atoms with van der Waals surface area (Å²) in [6, 6.07) is 11.2. The van der Waals surface area contributed by atoms with E-state index in [0.29, 0.717) is 17.7 Å². The summed E-state index contributed by atoms with van der Waals surface area (Å²) in [5, 5.41) is 11.1. The van der Waals surface area contributed by atoms with Crippen molar-refractivity contribution >= 4 is 5.91 Å². The van der Waals surface area contributed by atoms with Gasteiger partial charge in [-0.2, -0.15) is 0 Å². The molecular formula is C21H31N5O. The summed E-state index contributed by atoms with van der Waals surface area (Å²) in [7, 11) is 0. The van der Waals surface area contributed by atoms with Crippen LogP contribution < -0.4 is 5.32 Å². The fourth-order valence-electron chi connectivity index (χ4n) is 3.63. The van der Waals surface area contributed by atoms with Crippen molar-refractivity contribution < 1.29 is 4.79 Å². The second-order valence-corrected chi connectivity index (χ2v) is 7.89. The number of hydrogen-bond acceptors (Lipinski definition) is 4. The lowest BCUT2D eigenvalue weighted by molar-refractivity contribution is 0.0938. The first-order valence-electron chi connectivity index (χ1n) is 10.0. The molecule has 3 rings (SSSR count). The van der Waals surface area contributed by atoms with Crippen molar-refractivity contribution in [3.05, 3.63) is 47.8 Å². The lowest BCUT2D eigenvalue weighted by Crippen LogP contribution is -2.35.